The lowest BCUT2D eigenvalue weighted by Gasteiger charge is -2.11. The van der Waals surface area contributed by atoms with Crippen LogP contribution in [0.2, 0.25) is 0 Å². The van der Waals surface area contributed by atoms with Crippen molar-refractivity contribution in [2.45, 2.75) is 6.18 Å². The van der Waals surface area contributed by atoms with Crippen molar-refractivity contribution >= 4 is 10.9 Å². The summed E-state index contributed by atoms with van der Waals surface area (Å²) in [4.78, 5) is 4.25. The Morgan fingerprint density at radius 2 is 1.70 bits per heavy atom. The Morgan fingerprint density at radius 3 is 2.35 bits per heavy atom. The summed E-state index contributed by atoms with van der Waals surface area (Å²) >= 11 is 0. The highest BCUT2D eigenvalue weighted by Gasteiger charge is 2.30. The zero-order valence-electron chi connectivity index (χ0n) is 12.1. The zero-order valence-corrected chi connectivity index (χ0v) is 12.1. The normalized spacial score (nSPS) is 11.5. The molecule has 1 aromatic heterocycles. The summed E-state index contributed by atoms with van der Waals surface area (Å²) in [6.07, 6.45) is -2.75. The average Bonchev–Trinajstić information content (AvgIpc) is 2.54. The van der Waals surface area contributed by atoms with Crippen molar-refractivity contribution in [1.82, 2.24) is 4.98 Å². The molecular formula is C17H12F3NO2. The van der Waals surface area contributed by atoms with Gasteiger partial charge in [0.15, 0.2) is 5.75 Å². The molecule has 118 valence electrons. The van der Waals surface area contributed by atoms with E-state index in [0.29, 0.717) is 22.8 Å². The van der Waals surface area contributed by atoms with E-state index >= 15 is 0 Å². The number of fused-ring (bicyclic) bond motifs is 1. The minimum atomic E-state index is -4.37. The van der Waals surface area contributed by atoms with Crippen LogP contribution in [0, 0.1) is 0 Å². The van der Waals surface area contributed by atoms with Crippen molar-refractivity contribution in [2.75, 3.05) is 7.11 Å². The maximum absolute atomic E-state index is 12.6. The number of pyridine rings is 1. The molecule has 6 heteroatoms. The molecule has 1 heterocycles. The van der Waals surface area contributed by atoms with Crippen LogP contribution in [0.25, 0.3) is 10.9 Å². The monoisotopic (exact) mass is 319 g/mol. The van der Waals surface area contributed by atoms with Crippen molar-refractivity contribution in [3.05, 3.63) is 60.3 Å². The first kappa shape index (κ1) is 15.1. The van der Waals surface area contributed by atoms with Crippen LogP contribution in [-0.2, 0) is 6.18 Å². The molecule has 3 rings (SSSR count). The van der Waals surface area contributed by atoms with Gasteiger partial charge < -0.3 is 9.47 Å². The van der Waals surface area contributed by atoms with Gasteiger partial charge >= 0.3 is 6.18 Å². The fourth-order valence-corrected chi connectivity index (χ4v) is 2.17. The molecule has 3 aromatic rings. The molecule has 0 saturated heterocycles. The SMILES string of the molecule is COc1cc(Oc2ccc(C(F)(F)F)cc2)c2ncccc2c1. The second-order valence-electron chi connectivity index (χ2n) is 4.82. The molecule has 0 aliphatic heterocycles. The van der Waals surface area contributed by atoms with E-state index in [1.54, 1.807) is 18.3 Å². The molecule has 0 unspecified atom stereocenters. The Labute approximate surface area is 130 Å². The minimum absolute atomic E-state index is 0.290. The number of benzene rings is 2. The molecule has 23 heavy (non-hydrogen) atoms. The molecule has 0 amide bonds. The van der Waals surface area contributed by atoms with Crippen molar-refractivity contribution in [3.63, 3.8) is 0 Å². The van der Waals surface area contributed by atoms with Crippen molar-refractivity contribution < 1.29 is 22.6 Å². The highest BCUT2D eigenvalue weighted by Crippen LogP contribution is 2.35. The van der Waals surface area contributed by atoms with Crippen molar-refractivity contribution in [1.29, 1.82) is 0 Å². The van der Waals surface area contributed by atoms with Gasteiger partial charge in [-0.25, -0.2) is 0 Å². The molecule has 0 bridgehead atoms. The number of rotatable bonds is 3. The number of methoxy groups -OCH3 is 1. The predicted octanol–water partition coefficient (Wildman–Crippen LogP) is 5.05. The first-order chi connectivity index (χ1) is 11.0. The fourth-order valence-electron chi connectivity index (χ4n) is 2.17. The smallest absolute Gasteiger partial charge is 0.416 e. The third-order valence-electron chi connectivity index (χ3n) is 3.29. The molecule has 2 aromatic carbocycles. The Balaban J connectivity index is 1.98. The number of nitrogens with zero attached hydrogens (tertiary/aromatic N) is 1. The van der Waals surface area contributed by atoms with Gasteiger partial charge in [0, 0.05) is 17.6 Å². The molecule has 0 fully saturated rings. The van der Waals surface area contributed by atoms with Crippen LogP contribution >= 0.6 is 0 Å². The number of hydrogen-bond acceptors (Lipinski definition) is 3. The second kappa shape index (κ2) is 5.79. The summed E-state index contributed by atoms with van der Waals surface area (Å²) in [5, 5.41) is 0.814. The van der Waals surface area contributed by atoms with Gasteiger partial charge in [0.1, 0.15) is 17.0 Å². The van der Waals surface area contributed by atoms with Crippen LogP contribution in [0.3, 0.4) is 0 Å². The van der Waals surface area contributed by atoms with Crippen LogP contribution in [0.1, 0.15) is 5.56 Å². The molecule has 0 spiro atoms. The Hall–Kier alpha value is -2.76. The zero-order chi connectivity index (χ0) is 16.4. The summed E-state index contributed by atoms with van der Waals surface area (Å²) in [7, 11) is 1.53. The number of halogens is 3. The van der Waals surface area contributed by atoms with E-state index < -0.39 is 11.7 Å². The Bertz CT molecular complexity index is 829. The van der Waals surface area contributed by atoms with Crippen LogP contribution in [0.15, 0.2) is 54.7 Å². The minimum Gasteiger partial charge on any atom is -0.497 e. The predicted molar refractivity (Wildman–Crippen MR) is 79.8 cm³/mol. The highest BCUT2D eigenvalue weighted by molar-refractivity contribution is 5.86. The molecule has 0 atom stereocenters. The van der Waals surface area contributed by atoms with E-state index in [2.05, 4.69) is 4.98 Å². The molecule has 0 aliphatic carbocycles. The standard InChI is InChI=1S/C17H12F3NO2/c1-22-14-9-11-3-2-8-21-16(11)15(10-14)23-13-6-4-12(5-7-13)17(18,19)20/h2-10H,1H3. The maximum atomic E-state index is 12.6. The van der Waals surface area contributed by atoms with E-state index in [1.807, 2.05) is 12.1 Å². The summed E-state index contributed by atoms with van der Waals surface area (Å²) in [5.41, 5.74) is -0.119. The third kappa shape index (κ3) is 3.21. The molecule has 3 nitrogen and oxygen atoms in total. The van der Waals surface area contributed by atoms with Gasteiger partial charge in [-0.15, -0.1) is 0 Å². The second-order valence-corrected chi connectivity index (χ2v) is 4.82. The largest absolute Gasteiger partial charge is 0.497 e. The molecule has 0 saturated carbocycles. The number of hydrogen-bond donors (Lipinski definition) is 0. The van der Waals surface area contributed by atoms with Crippen LogP contribution in [0.4, 0.5) is 13.2 Å². The van der Waals surface area contributed by atoms with E-state index in [4.69, 9.17) is 9.47 Å². The lowest BCUT2D eigenvalue weighted by molar-refractivity contribution is -0.137. The quantitative estimate of drug-likeness (QED) is 0.676. The highest BCUT2D eigenvalue weighted by atomic mass is 19.4. The summed E-state index contributed by atoms with van der Waals surface area (Å²) < 4.78 is 48.7. The van der Waals surface area contributed by atoms with Gasteiger partial charge in [0.25, 0.3) is 0 Å². The fraction of sp³-hybridized carbons (Fsp3) is 0.118. The van der Waals surface area contributed by atoms with Crippen LogP contribution in [0.5, 0.6) is 17.2 Å². The number of ether oxygens (including phenoxy) is 2. The summed E-state index contributed by atoms with van der Waals surface area (Å²) in [6.45, 7) is 0. The summed E-state index contributed by atoms with van der Waals surface area (Å²) in [6, 6.07) is 11.6. The molecule has 0 aliphatic rings. The Morgan fingerprint density at radius 1 is 0.957 bits per heavy atom. The van der Waals surface area contributed by atoms with Crippen molar-refractivity contribution in [3.8, 4) is 17.2 Å². The van der Waals surface area contributed by atoms with E-state index in [-0.39, 0.29) is 0 Å². The van der Waals surface area contributed by atoms with E-state index in [1.165, 1.54) is 19.2 Å². The first-order valence-electron chi connectivity index (χ1n) is 6.75. The lowest BCUT2D eigenvalue weighted by Crippen LogP contribution is -2.04. The first-order valence-corrected chi connectivity index (χ1v) is 6.75. The number of alkyl halides is 3. The van der Waals surface area contributed by atoms with E-state index in [9.17, 15) is 13.2 Å². The maximum Gasteiger partial charge on any atom is 0.416 e. The topological polar surface area (TPSA) is 31.4 Å². The van der Waals surface area contributed by atoms with Crippen LogP contribution in [-0.4, -0.2) is 12.1 Å². The lowest BCUT2D eigenvalue weighted by atomic mass is 10.2. The van der Waals surface area contributed by atoms with Gasteiger partial charge in [0.2, 0.25) is 0 Å². The average molecular weight is 319 g/mol. The van der Waals surface area contributed by atoms with Crippen LogP contribution < -0.4 is 9.47 Å². The molecular weight excluding hydrogens is 307 g/mol. The van der Waals surface area contributed by atoms with Gasteiger partial charge in [-0.1, -0.05) is 6.07 Å². The number of aromatic nitrogens is 1. The van der Waals surface area contributed by atoms with Crippen molar-refractivity contribution in [2.24, 2.45) is 0 Å². The van der Waals surface area contributed by atoms with Gasteiger partial charge in [0.05, 0.1) is 12.7 Å². The van der Waals surface area contributed by atoms with Gasteiger partial charge in [-0.2, -0.15) is 13.2 Å². The van der Waals surface area contributed by atoms with E-state index in [0.717, 1.165) is 17.5 Å². The van der Waals surface area contributed by atoms with Gasteiger partial charge in [-0.05, 0) is 36.4 Å². The molecule has 0 radical (unpaired) electrons. The third-order valence-corrected chi connectivity index (χ3v) is 3.29. The van der Waals surface area contributed by atoms with Gasteiger partial charge in [-0.3, -0.25) is 4.98 Å². The summed E-state index contributed by atoms with van der Waals surface area (Å²) in [5.74, 6) is 1.28. The molecule has 0 N–H and O–H groups in total. The Kier molecular flexibility index (Phi) is 3.82.